The first-order chi connectivity index (χ1) is 15.2. The zero-order valence-electron chi connectivity index (χ0n) is 19.0. The highest BCUT2D eigenvalue weighted by molar-refractivity contribution is 6.02. The van der Waals surface area contributed by atoms with Gasteiger partial charge in [-0.1, -0.05) is 25.8 Å². The molecule has 2 atom stereocenters. The topological polar surface area (TPSA) is 93.1 Å². The number of imide groups is 1. The minimum absolute atomic E-state index is 0.0588. The van der Waals surface area contributed by atoms with E-state index in [0.717, 1.165) is 36.8 Å². The smallest absolute Gasteiger partial charge is 0.359 e. The van der Waals surface area contributed by atoms with Crippen LogP contribution in [0.3, 0.4) is 0 Å². The molecule has 0 bridgehead atoms. The van der Waals surface area contributed by atoms with Crippen molar-refractivity contribution >= 4 is 17.8 Å². The molecule has 0 unspecified atom stereocenters. The van der Waals surface area contributed by atoms with Gasteiger partial charge in [0.2, 0.25) is 0 Å². The maximum atomic E-state index is 12.7. The van der Waals surface area contributed by atoms with Gasteiger partial charge in [-0.25, -0.2) is 4.79 Å². The van der Waals surface area contributed by atoms with Crippen LogP contribution in [0.15, 0.2) is 23.8 Å². The Bertz CT molecular complexity index is 963. The Morgan fingerprint density at radius 3 is 2.62 bits per heavy atom. The van der Waals surface area contributed by atoms with Crippen molar-refractivity contribution in [2.24, 2.45) is 5.92 Å². The second kappa shape index (κ2) is 8.60. The van der Waals surface area contributed by atoms with E-state index in [4.69, 9.17) is 9.57 Å². The molecule has 1 aliphatic carbocycles. The van der Waals surface area contributed by atoms with Crippen molar-refractivity contribution < 1.29 is 29.1 Å². The number of carbonyl (C=O) groups excluding carboxylic acids is 3. The van der Waals surface area contributed by atoms with Crippen LogP contribution in [0.25, 0.3) is 0 Å². The summed E-state index contributed by atoms with van der Waals surface area (Å²) in [5, 5.41) is 11.5. The molecule has 4 rings (SSSR count). The average molecular weight is 442 g/mol. The third-order valence-electron chi connectivity index (χ3n) is 6.87. The molecule has 0 saturated carbocycles. The van der Waals surface area contributed by atoms with E-state index in [1.54, 1.807) is 6.08 Å². The number of nitrogens with zero attached hydrogens (tertiary/aromatic N) is 1. The number of hydrogen-bond acceptors (Lipinski definition) is 6. The first kappa shape index (κ1) is 22.4. The van der Waals surface area contributed by atoms with E-state index in [1.807, 2.05) is 26.0 Å². The highest BCUT2D eigenvalue weighted by Crippen LogP contribution is 2.54. The molecule has 1 N–H and O–H groups in total. The number of ether oxygens (including phenoxy) is 1. The minimum Gasteiger partial charge on any atom is -0.508 e. The van der Waals surface area contributed by atoms with E-state index < -0.39 is 23.4 Å². The summed E-state index contributed by atoms with van der Waals surface area (Å²) in [6.07, 6.45) is 7.03. The van der Waals surface area contributed by atoms with Crippen molar-refractivity contribution in [3.63, 3.8) is 0 Å². The van der Waals surface area contributed by atoms with E-state index in [0.29, 0.717) is 29.2 Å². The predicted molar refractivity (Wildman–Crippen MR) is 117 cm³/mol. The summed E-state index contributed by atoms with van der Waals surface area (Å²) >= 11 is 0. The molecule has 3 aliphatic rings. The van der Waals surface area contributed by atoms with Crippen LogP contribution < -0.4 is 4.74 Å². The largest absolute Gasteiger partial charge is 0.508 e. The quantitative estimate of drug-likeness (QED) is 0.522. The molecule has 1 aromatic rings. The second-order valence-electron chi connectivity index (χ2n) is 9.53. The van der Waals surface area contributed by atoms with Crippen molar-refractivity contribution in [1.82, 2.24) is 5.06 Å². The third kappa shape index (κ3) is 4.12. The number of aryl methyl sites for hydroxylation is 1. The van der Waals surface area contributed by atoms with Gasteiger partial charge >= 0.3 is 5.97 Å². The summed E-state index contributed by atoms with van der Waals surface area (Å²) in [7, 11) is 0. The lowest BCUT2D eigenvalue weighted by Gasteiger charge is -2.47. The number of allylic oxidation sites excluding steroid dienone is 1. The first-order valence-electron chi connectivity index (χ1n) is 11.5. The third-order valence-corrected chi connectivity index (χ3v) is 6.87. The molecule has 7 heteroatoms. The van der Waals surface area contributed by atoms with E-state index in [9.17, 15) is 19.5 Å². The average Bonchev–Trinajstić information content (AvgIpc) is 3.05. The maximum absolute atomic E-state index is 12.7. The molecule has 0 radical (unpaired) electrons. The summed E-state index contributed by atoms with van der Waals surface area (Å²) in [6.45, 7) is 6.23. The second-order valence-corrected chi connectivity index (χ2v) is 9.53. The van der Waals surface area contributed by atoms with Crippen LogP contribution >= 0.6 is 0 Å². The summed E-state index contributed by atoms with van der Waals surface area (Å²) in [6, 6.07) is 3.83. The summed E-state index contributed by atoms with van der Waals surface area (Å²) in [4.78, 5) is 41.5. The standard InChI is InChI=1S/C25H31NO6/c1-4-5-6-7-15-12-19(27)23-17-14-16(24(30)32-26-21(28)10-11-22(26)29)8-9-18(17)25(2,3)31-20(23)13-15/h8,12-13,17-18,27H,4-7,9-11,14H2,1-3H3/t17-,18-/m1/s1. The van der Waals surface area contributed by atoms with Crippen LogP contribution in [-0.2, 0) is 25.6 Å². The van der Waals surface area contributed by atoms with E-state index >= 15 is 0 Å². The number of rotatable bonds is 6. The van der Waals surface area contributed by atoms with Gasteiger partial charge < -0.3 is 14.7 Å². The predicted octanol–water partition coefficient (Wildman–Crippen LogP) is 4.32. The summed E-state index contributed by atoms with van der Waals surface area (Å²) in [5.74, 6) is -0.879. The number of benzene rings is 1. The fourth-order valence-electron chi connectivity index (χ4n) is 5.14. The highest BCUT2D eigenvalue weighted by atomic mass is 16.7. The Kier molecular flexibility index (Phi) is 6.01. The van der Waals surface area contributed by atoms with Crippen LogP contribution in [0.4, 0.5) is 0 Å². The molecule has 7 nitrogen and oxygen atoms in total. The molecular formula is C25H31NO6. The number of hydroxylamine groups is 2. The van der Waals surface area contributed by atoms with Gasteiger partial charge in [0.1, 0.15) is 17.1 Å². The lowest BCUT2D eigenvalue weighted by molar-refractivity contribution is -0.194. The number of phenolic OH excluding ortho intramolecular Hbond substituents is 1. The molecule has 0 aromatic heterocycles. The van der Waals surface area contributed by atoms with Crippen LogP contribution in [0.1, 0.15) is 82.8 Å². The van der Waals surface area contributed by atoms with Crippen LogP contribution in [0, 0.1) is 5.92 Å². The highest BCUT2D eigenvalue weighted by Gasteiger charge is 2.47. The van der Waals surface area contributed by atoms with Gasteiger partial charge in [-0.2, -0.15) is 0 Å². The Balaban J connectivity index is 1.59. The van der Waals surface area contributed by atoms with Crippen molar-refractivity contribution in [1.29, 1.82) is 0 Å². The van der Waals surface area contributed by atoms with E-state index in [2.05, 4.69) is 6.92 Å². The molecule has 0 spiro atoms. The maximum Gasteiger partial charge on any atom is 0.359 e. The van der Waals surface area contributed by atoms with Crippen LogP contribution in [-0.4, -0.2) is 33.6 Å². The molecule has 2 amide bonds. The van der Waals surface area contributed by atoms with Gasteiger partial charge in [-0.3, -0.25) is 9.59 Å². The van der Waals surface area contributed by atoms with Gasteiger partial charge in [-0.05, 0) is 57.2 Å². The van der Waals surface area contributed by atoms with Crippen molar-refractivity contribution in [3.05, 3.63) is 34.9 Å². The van der Waals surface area contributed by atoms with Crippen molar-refractivity contribution in [3.8, 4) is 11.5 Å². The van der Waals surface area contributed by atoms with Crippen LogP contribution in [0.5, 0.6) is 11.5 Å². The lowest BCUT2D eigenvalue weighted by atomic mass is 9.67. The van der Waals surface area contributed by atoms with Crippen molar-refractivity contribution in [2.75, 3.05) is 0 Å². The molecule has 172 valence electrons. The Morgan fingerprint density at radius 1 is 1.22 bits per heavy atom. The van der Waals surface area contributed by atoms with E-state index in [-0.39, 0.29) is 30.4 Å². The number of aromatic hydroxyl groups is 1. The van der Waals surface area contributed by atoms with Crippen molar-refractivity contribution in [2.45, 2.75) is 83.7 Å². The molecule has 32 heavy (non-hydrogen) atoms. The van der Waals surface area contributed by atoms with Crippen LogP contribution in [0.2, 0.25) is 0 Å². The fraction of sp³-hybridized carbons (Fsp3) is 0.560. The molecule has 1 aromatic carbocycles. The van der Waals surface area contributed by atoms with Gasteiger partial charge in [0.25, 0.3) is 11.8 Å². The normalized spacial score (nSPS) is 23.8. The number of fused-ring (bicyclic) bond motifs is 3. The Labute approximate surface area is 188 Å². The number of amides is 2. The zero-order valence-corrected chi connectivity index (χ0v) is 19.0. The van der Waals surface area contributed by atoms with Gasteiger partial charge in [0, 0.05) is 35.8 Å². The summed E-state index contributed by atoms with van der Waals surface area (Å²) in [5.41, 5.74) is 1.70. The van der Waals surface area contributed by atoms with E-state index in [1.165, 1.54) is 0 Å². The Morgan fingerprint density at radius 2 is 1.94 bits per heavy atom. The van der Waals surface area contributed by atoms with Gasteiger partial charge in [0.15, 0.2) is 0 Å². The first-order valence-corrected chi connectivity index (χ1v) is 11.5. The summed E-state index contributed by atoms with van der Waals surface area (Å²) < 4.78 is 6.35. The molecule has 1 fully saturated rings. The monoisotopic (exact) mass is 441 g/mol. The fourth-order valence-corrected chi connectivity index (χ4v) is 5.14. The number of phenols is 1. The SMILES string of the molecule is CCCCCc1cc(O)c2c(c1)OC(C)(C)[C@@H]1CC=C(C(=O)ON3C(=O)CCC3=O)C[C@@H]21. The molecule has 2 heterocycles. The van der Waals surface area contributed by atoms with Gasteiger partial charge in [-0.15, -0.1) is 5.06 Å². The molecule has 2 aliphatic heterocycles. The zero-order chi connectivity index (χ0) is 23.0. The number of carbonyl (C=O) groups is 3. The Hall–Kier alpha value is -2.83. The van der Waals surface area contributed by atoms with Gasteiger partial charge in [0.05, 0.1) is 0 Å². The molecule has 1 saturated heterocycles. The minimum atomic E-state index is -0.687. The number of unbranched alkanes of at least 4 members (excludes halogenated alkanes) is 2. The number of hydrogen-bond donors (Lipinski definition) is 1. The lowest BCUT2D eigenvalue weighted by Crippen LogP contribution is -2.46. The molecular weight excluding hydrogens is 410 g/mol.